The molecule has 1 aromatic rings. The lowest BCUT2D eigenvalue weighted by Gasteiger charge is -2.41. The maximum absolute atomic E-state index is 12.8. The number of urea groups is 1. The lowest BCUT2D eigenvalue weighted by molar-refractivity contribution is -0.137. The maximum Gasteiger partial charge on any atom is 0.328 e. The number of amidine groups is 1. The van der Waals surface area contributed by atoms with Crippen molar-refractivity contribution >= 4 is 23.8 Å². The second-order valence-electron chi connectivity index (χ2n) is 6.90. The normalized spacial score (nSPS) is 23.2. The van der Waals surface area contributed by atoms with Gasteiger partial charge in [0, 0.05) is 20.1 Å². The van der Waals surface area contributed by atoms with Crippen molar-refractivity contribution in [1.82, 2.24) is 14.7 Å². The van der Waals surface area contributed by atoms with Crippen LogP contribution >= 0.6 is 0 Å². The van der Waals surface area contributed by atoms with Crippen LogP contribution in [0, 0.1) is 0 Å². The Morgan fingerprint density at radius 3 is 2.69 bits per heavy atom. The summed E-state index contributed by atoms with van der Waals surface area (Å²) in [6.07, 6.45) is 3.19. The SMILES string of the molecule is CCN1C(=O)C2C(N=C(/C=C/c3cc(OC)c4c(c3)OCO4)N2C)N(CC)C1=O. The summed E-state index contributed by atoms with van der Waals surface area (Å²) in [7, 11) is 3.40. The predicted molar refractivity (Wildman–Crippen MR) is 106 cm³/mol. The Kier molecular flexibility index (Phi) is 4.81. The highest BCUT2D eigenvalue weighted by atomic mass is 16.7. The van der Waals surface area contributed by atoms with Gasteiger partial charge < -0.3 is 19.1 Å². The van der Waals surface area contributed by atoms with Crippen molar-refractivity contribution in [3.63, 3.8) is 0 Å². The van der Waals surface area contributed by atoms with Crippen LogP contribution < -0.4 is 14.2 Å². The van der Waals surface area contributed by atoms with E-state index in [0.29, 0.717) is 36.2 Å². The van der Waals surface area contributed by atoms with E-state index < -0.39 is 12.2 Å². The fraction of sp³-hybridized carbons (Fsp3) is 0.450. The number of likely N-dealkylation sites (N-methyl/N-ethyl adjacent to an activating group) is 3. The first-order valence-electron chi connectivity index (χ1n) is 9.58. The van der Waals surface area contributed by atoms with Crippen molar-refractivity contribution in [3.05, 3.63) is 23.8 Å². The summed E-state index contributed by atoms with van der Waals surface area (Å²) < 4.78 is 16.3. The number of carbonyl (C=O) groups is 2. The Labute approximate surface area is 169 Å². The highest BCUT2D eigenvalue weighted by Gasteiger charge is 2.50. The van der Waals surface area contributed by atoms with Crippen LogP contribution in [0.2, 0.25) is 0 Å². The van der Waals surface area contributed by atoms with Gasteiger partial charge in [-0.15, -0.1) is 0 Å². The van der Waals surface area contributed by atoms with Crippen LogP contribution in [0.4, 0.5) is 4.79 Å². The molecule has 0 aromatic heterocycles. The summed E-state index contributed by atoms with van der Waals surface area (Å²) in [5.41, 5.74) is 0.849. The number of hydrogen-bond acceptors (Lipinski definition) is 7. The molecule has 0 radical (unpaired) electrons. The van der Waals surface area contributed by atoms with Gasteiger partial charge in [-0.2, -0.15) is 0 Å². The molecule has 9 heteroatoms. The van der Waals surface area contributed by atoms with Crippen molar-refractivity contribution in [1.29, 1.82) is 0 Å². The van der Waals surface area contributed by atoms with E-state index >= 15 is 0 Å². The van der Waals surface area contributed by atoms with E-state index in [9.17, 15) is 9.59 Å². The molecule has 0 N–H and O–H groups in total. The molecule has 2 atom stereocenters. The number of hydrogen-bond donors (Lipinski definition) is 0. The first kappa shape index (κ1) is 19.1. The highest BCUT2D eigenvalue weighted by molar-refractivity contribution is 6.07. The molecule has 3 amide bonds. The van der Waals surface area contributed by atoms with Crippen molar-refractivity contribution in [3.8, 4) is 17.2 Å². The van der Waals surface area contributed by atoms with Gasteiger partial charge in [-0.1, -0.05) is 6.08 Å². The van der Waals surface area contributed by atoms with E-state index in [-0.39, 0.29) is 18.7 Å². The Morgan fingerprint density at radius 2 is 2.00 bits per heavy atom. The Hall–Kier alpha value is -3.23. The summed E-state index contributed by atoms with van der Waals surface area (Å²) in [5.74, 6) is 2.22. The van der Waals surface area contributed by atoms with Crippen LogP contribution in [-0.2, 0) is 4.79 Å². The number of benzene rings is 1. The molecule has 1 fully saturated rings. The van der Waals surface area contributed by atoms with Gasteiger partial charge in [0.05, 0.1) is 7.11 Å². The van der Waals surface area contributed by atoms with Crippen LogP contribution in [0.5, 0.6) is 17.2 Å². The monoisotopic (exact) mass is 400 g/mol. The number of ether oxygens (including phenoxy) is 3. The van der Waals surface area contributed by atoms with E-state index in [0.717, 1.165) is 5.56 Å². The van der Waals surface area contributed by atoms with Gasteiger partial charge in [-0.25, -0.2) is 9.79 Å². The summed E-state index contributed by atoms with van der Waals surface area (Å²) in [5, 5.41) is 0. The van der Waals surface area contributed by atoms with Crippen LogP contribution in [-0.4, -0.2) is 78.7 Å². The number of methoxy groups -OCH3 is 1. The molecule has 3 aliphatic heterocycles. The molecule has 0 bridgehead atoms. The summed E-state index contributed by atoms with van der Waals surface area (Å²) in [6.45, 7) is 4.67. The molecular formula is C20H24N4O5. The van der Waals surface area contributed by atoms with E-state index in [1.54, 1.807) is 18.9 Å². The van der Waals surface area contributed by atoms with Gasteiger partial charge >= 0.3 is 6.03 Å². The zero-order valence-electron chi connectivity index (χ0n) is 16.9. The van der Waals surface area contributed by atoms with Gasteiger partial charge in [0.15, 0.2) is 23.7 Å². The minimum atomic E-state index is -0.515. The molecule has 3 aliphatic rings. The van der Waals surface area contributed by atoms with Crippen molar-refractivity contribution < 1.29 is 23.8 Å². The fourth-order valence-corrected chi connectivity index (χ4v) is 3.89. The minimum absolute atomic E-state index is 0.161. The Bertz CT molecular complexity index is 912. The van der Waals surface area contributed by atoms with Crippen molar-refractivity contribution in [2.75, 3.05) is 34.0 Å². The average Bonchev–Trinajstić information content (AvgIpc) is 3.31. The van der Waals surface area contributed by atoms with E-state index in [1.165, 1.54) is 4.90 Å². The molecule has 3 heterocycles. The number of amides is 3. The van der Waals surface area contributed by atoms with Gasteiger partial charge in [0.2, 0.25) is 12.5 Å². The molecule has 4 rings (SSSR count). The van der Waals surface area contributed by atoms with Gasteiger partial charge in [-0.3, -0.25) is 14.6 Å². The molecule has 9 nitrogen and oxygen atoms in total. The lowest BCUT2D eigenvalue weighted by Crippen LogP contribution is -2.65. The molecule has 0 saturated carbocycles. The first-order valence-corrected chi connectivity index (χ1v) is 9.58. The third-order valence-electron chi connectivity index (χ3n) is 5.40. The highest BCUT2D eigenvalue weighted by Crippen LogP contribution is 2.42. The Morgan fingerprint density at radius 1 is 1.21 bits per heavy atom. The van der Waals surface area contributed by atoms with Crippen LogP contribution in [0.3, 0.4) is 0 Å². The standard InChI is InChI=1S/C20H24N4O5/c1-5-23-18-16(19(25)24(6-2)20(23)26)22(3)15(21-18)8-7-12-9-13(27-4)17-14(10-12)28-11-29-17/h7-10,16,18H,5-6,11H2,1-4H3/b8-7+. The van der Waals surface area contributed by atoms with Crippen LogP contribution in [0.1, 0.15) is 19.4 Å². The number of nitrogens with zero attached hydrogens (tertiary/aromatic N) is 4. The molecule has 29 heavy (non-hydrogen) atoms. The number of fused-ring (bicyclic) bond motifs is 2. The predicted octanol–water partition coefficient (Wildman–Crippen LogP) is 1.78. The van der Waals surface area contributed by atoms with Crippen molar-refractivity contribution in [2.45, 2.75) is 26.1 Å². The minimum Gasteiger partial charge on any atom is -0.493 e. The van der Waals surface area contributed by atoms with Gasteiger partial charge in [0.25, 0.3) is 5.91 Å². The zero-order chi connectivity index (χ0) is 20.7. The van der Waals surface area contributed by atoms with Crippen LogP contribution in [0.25, 0.3) is 6.08 Å². The number of rotatable bonds is 5. The topological polar surface area (TPSA) is 83.9 Å². The van der Waals surface area contributed by atoms with Crippen molar-refractivity contribution in [2.24, 2.45) is 4.99 Å². The maximum atomic E-state index is 12.8. The van der Waals surface area contributed by atoms with E-state index in [2.05, 4.69) is 4.99 Å². The smallest absolute Gasteiger partial charge is 0.328 e. The van der Waals surface area contributed by atoms with Gasteiger partial charge in [-0.05, 0) is 37.6 Å². The van der Waals surface area contributed by atoms with Crippen LogP contribution in [0.15, 0.2) is 23.2 Å². The molecular weight excluding hydrogens is 376 g/mol. The molecule has 0 aliphatic carbocycles. The largest absolute Gasteiger partial charge is 0.493 e. The molecule has 154 valence electrons. The number of imide groups is 1. The molecule has 0 spiro atoms. The Balaban J connectivity index is 1.63. The third kappa shape index (κ3) is 2.97. The zero-order valence-corrected chi connectivity index (χ0v) is 16.9. The second-order valence-corrected chi connectivity index (χ2v) is 6.90. The number of carbonyl (C=O) groups excluding carboxylic acids is 2. The van der Waals surface area contributed by atoms with Gasteiger partial charge in [0.1, 0.15) is 5.84 Å². The summed E-state index contributed by atoms with van der Waals surface area (Å²) in [4.78, 5) is 34.9. The quantitative estimate of drug-likeness (QED) is 0.749. The average molecular weight is 400 g/mol. The summed E-state index contributed by atoms with van der Waals surface area (Å²) in [6, 6.07) is 2.90. The third-order valence-corrected chi connectivity index (χ3v) is 5.40. The number of aliphatic imine (C=N–C) groups is 1. The molecule has 1 saturated heterocycles. The molecule has 1 aromatic carbocycles. The first-order chi connectivity index (χ1) is 14.0. The second kappa shape index (κ2) is 7.31. The fourth-order valence-electron chi connectivity index (χ4n) is 3.89. The summed E-state index contributed by atoms with van der Waals surface area (Å²) >= 11 is 0. The van der Waals surface area contributed by atoms with E-state index in [1.807, 2.05) is 43.2 Å². The lowest BCUT2D eigenvalue weighted by atomic mass is 10.1. The molecule has 2 unspecified atom stereocenters. The van der Waals surface area contributed by atoms with E-state index in [4.69, 9.17) is 14.2 Å².